The fourth-order valence-electron chi connectivity index (χ4n) is 4.06. The molecule has 0 amide bonds. The lowest BCUT2D eigenvalue weighted by Gasteiger charge is -2.38. The second-order valence-electron chi connectivity index (χ2n) is 7.86. The van der Waals surface area contributed by atoms with E-state index in [4.69, 9.17) is 23.9 Å². The molecule has 1 fully saturated rings. The molecule has 1 saturated heterocycles. The van der Waals surface area contributed by atoms with Crippen LogP contribution in [-0.2, 0) is 13.0 Å². The van der Waals surface area contributed by atoms with Crippen molar-refractivity contribution in [1.82, 2.24) is 20.1 Å². The number of H-pyrrole nitrogens is 1. The normalized spacial score (nSPS) is 14.7. The summed E-state index contributed by atoms with van der Waals surface area (Å²) in [6.45, 7) is 10.8. The van der Waals surface area contributed by atoms with Gasteiger partial charge in [-0.3, -0.25) is 4.90 Å². The van der Waals surface area contributed by atoms with E-state index in [2.05, 4.69) is 54.1 Å². The molecular formula is C23H26ClN7. The van der Waals surface area contributed by atoms with Crippen molar-refractivity contribution in [2.24, 2.45) is 0 Å². The molecule has 1 aromatic heterocycles. The van der Waals surface area contributed by atoms with E-state index in [1.807, 2.05) is 24.3 Å². The molecule has 7 nitrogen and oxygen atoms in total. The number of nitrogens with zero attached hydrogens (tertiary/aromatic N) is 5. The molecule has 3 N–H and O–H groups in total. The van der Waals surface area contributed by atoms with E-state index in [0.29, 0.717) is 23.6 Å². The van der Waals surface area contributed by atoms with Crippen molar-refractivity contribution >= 4 is 29.2 Å². The molecule has 0 aliphatic carbocycles. The van der Waals surface area contributed by atoms with Gasteiger partial charge in [0.25, 0.3) is 0 Å². The third-order valence-corrected chi connectivity index (χ3v) is 6.06. The molecule has 1 aliphatic rings. The van der Waals surface area contributed by atoms with Crippen molar-refractivity contribution < 1.29 is 0 Å². The van der Waals surface area contributed by atoms with E-state index in [1.54, 1.807) is 0 Å². The van der Waals surface area contributed by atoms with Crippen molar-refractivity contribution in [2.45, 2.75) is 31.8 Å². The largest absolute Gasteiger partial charge is 0.368 e. The van der Waals surface area contributed by atoms with Crippen LogP contribution in [0.2, 0.25) is 5.02 Å². The maximum Gasteiger partial charge on any atom is 0.246 e. The zero-order chi connectivity index (χ0) is 21.6. The number of piperidine rings is 1. The van der Waals surface area contributed by atoms with Crippen LogP contribution in [0, 0.1) is 6.57 Å². The standard InChI is InChI=1S/C23H26ClN7/c1-26-20-8-4-18(5-9-20)16-31(13-10-17-2-6-19(24)7-3-17)21-11-14-30(15-12-21)23-27-22(25)28-29-23/h2-9,21H,10-16H2,(H3,25,27,28,29). The first-order valence-corrected chi connectivity index (χ1v) is 10.9. The minimum absolute atomic E-state index is 0.351. The third kappa shape index (κ3) is 5.54. The first-order valence-electron chi connectivity index (χ1n) is 10.5. The Morgan fingerprint density at radius 2 is 1.77 bits per heavy atom. The van der Waals surface area contributed by atoms with Gasteiger partial charge in [-0.1, -0.05) is 48.0 Å². The van der Waals surface area contributed by atoms with E-state index in [0.717, 1.165) is 50.5 Å². The van der Waals surface area contributed by atoms with Crippen LogP contribution in [0.15, 0.2) is 48.5 Å². The summed E-state index contributed by atoms with van der Waals surface area (Å²) in [4.78, 5) is 12.5. The fraction of sp³-hybridized carbons (Fsp3) is 0.348. The lowest BCUT2D eigenvalue weighted by molar-refractivity contribution is 0.162. The highest BCUT2D eigenvalue weighted by Gasteiger charge is 2.26. The lowest BCUT2D eigenvalue weighted by atomic mass is 10.0. The van der Waals surface area contributed by atoms with Crippen LogP contribution in [0.3, 0.4) is 0 Å². The molecule has 2 heterocycles. The molecule has 160 valence electrons. The van der Waals surface area contributed by atoms with E-state index < -0.39 is 0 Å². The number of nitrogen functional groups attached to an aromatic ring is 1. The first kappa shape index (κ1) is 21.2. The Kier molecular flexibility index (Phi) is 6.70. The zero-order valence-electron chi connectivity index (χ0n) is 17.3. The SMILES string of the molecule is [C-]#[N+]c1ccc(CN(CCc2ccc(Cl)cc2)C2CCN(c3n[nH]c(N)n3)CC2)cc1. The van der Waals surface area contributed by atoms with Crippen molar-refractivity contribution in [1.29, 1.82) is 0 Å². The Labute approximate surface area is 187 Å². The summed E-state index contributed by atoms with van der Waals surface area (Å²) in [5.41, 5.74) is 8.87. The van der Waals surface area contributed by atoms with Crippen LogP contribution in [-0.4, -0.2) is 45.8 Å². The first-order chi connectivity index (χ1) is 15.1. The molecule has 1 aliphatic heterocycles. The van der Waals surface area contributed by atoms with Gasteiger partial charge in [-0.15, -0.1) is 5.10 Å². The van der Waals surface area contributed by atoms with Crippen molar-refractivity contribution in [2.75, 3.05) is 30.3 Å². The van der Waals surface area contributed by atoms with Gasteiger partial charge in [-0.25, -0.2) is 9.94 Å². The maximum atomic E-state index is 7.16. The molecule has 0 saturated carbocycles. The maximum absolute atomic E-state index is 7.16. The summed E-state index contributed by atoms with van der Waals surface area (Å²) in [6, 6.07) is 16.5. The van der Waals surface area contributed by atoms with Gasteiger partial charge in [-0.2, -0.15) is 4.98 Å². The Balaban J connectivity index is 1.43. The molecule has 31 heavy (non-hydrogen) atoms. The van der Waals surface area contributed by atoms with Crippen LogP contribution < -0.4 is 10.6 Å². The molecule has 8 heteroatoms. The fourth-order valence-corrected chi connectivity index (χ4v) is 4.19. The summed E-state index contributed by atoms with van der Waals surface area (Å²) < 4.78 is 0. The topological polar surface area (TPSA) is 78.4 Å². The monoisotopic (exact) mass is 435 g/mol. The Hall–Kier alpha value is -3.08. The third-order valence-electron chi connectivity index (χ3n) is 5.81. The number of rotatable bonds is 7. The van der Waals surface area contributed by atoms with Crippen LogP contribution in [0.1, 0.15) is 24.0 Å². The molecular weight excluding hydrogens is 410 g/mol. The molecule has 0 radical (unpaired) electrons. The zero-order valence-corrected chi connectivity index (χ0v) is 18.1. The molecule has 2 aromatic carbocycles. The number of benzene rings is 2. The Morgan fingerprint density at radius 1 is 1.10 bits per heavy atom. The number of anilines is 2. The van der Waals surface area contributed by atoms with Gasteiger partial charge in [0.1, 0.15) is 0 Å². The van der Waals surface area contributed by atoms with E-state index in [-0.39, 0.29) is 0 Å². The van der Waals surface area contributed by atoms with E-state index in [1.165, 1.54) is 11.1 Å². The summed E-state index contributed by atoms with van der Waals surface area (Å²) in [5.74, 6) is 1.03. The predicted octanol–water partition coefficient (Wildman–Crippen LogP) is 4.30. The molecule has 0 spiro atoms. The summed E-state index contributed by atoms with van der Waals surface area (Å²) in [5, 5.41) is 7.68. The summed E-state index contributed by atoms with van der Waals surface area (Å²) in [6.07, 6.45) is 3.04. The molecule has 0 atom stereocenters. The number of hydrogen-bond acceptors (Lipinski definition) is 5. The number of halogens is 1. The minimum Gasteiger partial charge on any atom is -0.368 e. The van der Waals surface area contributed by atoms with Crippen molar-refractivity contribution in [3.8, 4) is 0 Å². The van der Waals surface area contributed by atoms with Gasteiger partial charge >= 0.3 is 0 Å². The van der Waals surface area contributed by atoms with Gasteiger partial charge in [0.15, 0.2) is 5.69 Å². The average Bonchev–Trinajstić information content (AvgIpc) is 3.24. The van der Waals surface area contributed by atoms with Crippen molar-refractivity contribution in [3.05, 3.63) is 76.1 Å². The lowest BCUT2D eigenvalue weighted by Crippen LogP contribution is -2.45. The molecule has 0 unspecified atom stereocenters. The molecule has 0 bridgehead atoms. The van der Waals surface area contributed by atoms with Gasteiger partial charge in [0, 0.05) is 37.2 Å². The number of aromatic amines is 1. The minimum atomic E-state index is 0.351. The summed E-state index contributed by atoms with van der Waals surface area (Å²) in [7, 11) is 0. The molecule has 4 rings (SSSR count). The van der Waals surface area contributed by atoms with Gasteiger partial charge in [0.05, 0.1) is 6.57 Å². The van der Waals surface area contributed by atoms with Gasteiger partial charge in [-0.05, 0) is 42.5 Å². The Bertz CT molecular complexity index is 1020. The highest BCUT2D eigenvalue weighted by atomic mass is 35.5. The average molecular weight is 436 g/mol. The van der Waals surface area contributed by atoms with E-state index in [9.17, 15) is 0 Å². The van der Waals surface area contributed by atoms with Crippen molar-refractivity contribution in [3.63, 3.8) is 0 Å². The second kappa shape index (κ2) is 9.82. The highest BCUT2D eigenvalue weighted by Crippen LogP contribution is 2.23. The van der Waals surface area contributed by atoms with E-state index >= 15 is 0 Å². The van der Waals surface area contributed by atoms with Crippen LogP contribution >= 0.6 is 11.6 Å². The smallest absolute Gasteiger partial charge is 0.246 e. The second-order valence-corrected chi connectivity index (χ2v) is 8.30. The number of hydrogen-bond donors (Lipinski definition) is 2. The predicted molar refractivity (Wildman–Crippen MR) is 124 cm³/mol. The van der Waals surface area contributed by atoms with Crippen LogP contribution in [0.25, 0.3) is 4.85 Å². The Morgan fingerprint density at radius 3 is 2.39 bits per heavy atom. The quantitative estimate of drug-likeness (QED) is 0.541. The van der Waals surface area contributed by atoms with Gasteiger partial charge in [0.2, 0.25) is 11.9 Å². The highest BCUT2D eigenvalue weighted by molar-refractivity contribution is 6.30. The van der Waals surface area contributed by atoms with Crippen LogP contribution in [0.5, 0.6) is 0 Å². The number of nitrogens with one attached hydrogen (secondary N) is 1. The molecule has 3 aromatic rings. The number of aromatic nitrogens is 3. The van der Waals surface area contributed by atoms with Gasteiger partial charge < -0.3 is 10.6 Å². The number of nitrogens with two attached hydrogens (primary N) is 1. The van der Waals surface area contributed by atoms with Crippen LogP contribution in [0.4, 0.5) is 17.6 Å². The summed E-state index contributed by atoms with van der Waals surface area (Å²) >= 11 is 6.04.